The molecule has 39 heavy (non-hydrogen) atoms. The third-order valence-electron chi connectivity index (χ3n) is 5.68. The number of nitrogens with zero attached hydrogens (tertiary/aromatic N) is 1. The molecule has 0 unspecified atom stereocenters. The molecule has 0 heterocycles. The Morgan fingerprint density at radius 3 is 2.33 bits per heavy atom. The molecule has 0 saturated carbocycles. The number of carbonyl (C=O) groups is 1. The molecule has 4 N–H and O–H groups in total. The number of aryl methyl sites for hydroxylation is 1. The number of nitrogen functional groups attached to an aromatic ring is 2. The van der Waals surface area contributed by atoms with Crippen LogP contribution in [0, 0.1) is 11.3 Å². The number of hydrogen-bond donors (Lipinski definition) is 2. The Hall–Kier alpha value is -4.58. The van der Waals surface area contributed by atoms with Crippen LogP contribution in [0.2, 0.25) is 0 Å². The molecular weight excluding hydrogens is 504 g/mol. The Kier molecular flexibility index (Phi) is 10.7. The predicted molar refractivity (Wildman–Crippen MR) is 146 cm³/mol. The smallest absolute Gasteiger partial charge is 0.426 e. The first kappa shape index (κ1) is 29.0. The number of benzene rings is 3. The number of alkyl halides is 2. The molecule has 0 aliphatic rings. The van der Waals surface area contributed by atoms with Crippen molar-refractivity contribution in [3.8, 4) is 17.6 Å². The normalized spacial score (nSPS) is 11.2. The van der Waals surface area contributed by atoms with Gasteiger partial charge in [-0.05, 0) is 91.4 Å². The molecule has 0 saturated heterocycles. The number of hydrogen-bond acceptors (Lipinski definition) is 7. The summed E-state index contributed by atoms with van der Waals surface area (Å²) >= 11 is 0. The maximum absolute atomic E-state index is 14.6. The number of anilines is 2. The Bertz CT molecular complexity index is 1290. The zero-order chi connectivity index (χ0) is 28.1. The van der Waals surface area contributed by atoms with Crippen molar-refractivity contribution >= 4 is 23.4 Å². The fourth-order valence-electron chi connectivity index (χ4n) is 3.58. The van der Waals surface area contributed by atoms with Gasteiger partial charge in [-0.25, -0.2) is 4.79 Å². The van der Waals surface area contributed by atoms with Crippen molar-refractivity contribution in [2.75, 3.05) is 24.7 Å². The highest BCUT2D eigenvalue weighted by Crippen LogP contribution is 2.32. The van der Waals surface area contributed by atoms with Gasteiger partial charge in [0.25, 0.3) is 0 Å². The van der Waals surface area contributed by atoms with E-state index in [1.165, 1.54) is 48.6 Å². The number of ether oxygens (including phenoxy) is 3. The average molecular weight is 536 g/mol. The Morgan fingerprint density at radius 1 is 0.923 bits per heavy atom. The molecule has 0 bridgehead atoms. The van der Waals surface area contributed by atoms with E-state index in [9.17, 15) is 13.6 Å². The molecule has 0 aliphatic heterocycles. The van der Waals surface area contributed by atoms with E-state index in [0.29, 0.717) is 55.0 Å². The number of halogens is 2. The molecule has 0 radical (unpaired) electrons. The van der Waals surface area contributed by atoms with Crippen molar-refractivity contribution < 1.29 is 27.8 Å². The van der Waals surface area contributed by atoms with E-state index in [-0.39, 0.29) is 17.9 Å². The molecular formula is C30H31F2N3O4. The number of rotatable bonds is 14. The van der Waals surface area contributed by atoms with Crippen molar-refractivity contribution in [2.45, 2.75) is 38.2 Å². The molecule has 0 fully saturated rings. The molecule has 3 aromatic carbocycles. The first-order valence-electron chi connectivity index (χ1n) is 12.5. The largest absolute Gasteiger partial charge is 0.494 e. The van der Waals surface area contributed by atoms with E-state index in [0.717, 1.165) is 12.0 Å². The van der Waals surface area contributed by atoms with Gasteiger partial charge in [-0.3, -0.25) is 0 Å². The molecule has 3 rings (SSSR count). The van der Waals surface area contributed by atoms with Crippen LogP contribution < -0.4 is 20.9 Å². The van der Waals surface area contributed by atoms with Crippen molar-refractivity contribution in [1.82, 2.24) is 0 Å². The van der Waals surface area contributed by atoms with Gasteiger partial charge in [0.2, 0.25) is 0 Å². The maximum atomic E-state index is 14.6. The Balaban J connectivity index is 1.43. The number of unbranched alkanes of at least 4 members (excludes halogenated alkanes) is 2. The maximum Gasteiger partial charge on any atom is 0.426 e. The van der Waals surface area contributed by atoms with E-state index >= 15 is 0 Å². The van der Waals surface area contributed by atoms with Crippen LogP contribution in [0.25, 0.3) is 6.08 Å². The lowest BCUT2D eigenvalue weighted by Crippen LogP contribution is -2.21. The Morgan fingerprint density at radius 2 is 1.64 bits per heavy atom. The molecule has 204 valence electrons. The van der Waals surface area contributed by atoms with E-state index in [4.69, 9.17) is 30.9 Å². The fraction of sp³-hybridized carbons (Fsp3) is 0.267. The minimum atomic E-state index is -3.55. The quantitative estimate of drug-likeness (QED) is 0.108. The first-order chi connectivity index (χ1) is 18.8. The molecule has 3 aromatic rings. The highest BCUT2D eigenvalue weighted by molar-refractivity contribution is 5.87. The zero-order valence-corrected chi connectivity index (χ0v) is 21.4. The number of esters is 1. The second-order valence-electron chi connectivity index (χ2n) is 8.74. The second-order valence-corrected chi connectivity index (χ2v) is 8.74. The van der Waals surface area contributed by atoms with Gasteiger partial charge in [0.1, 0.15) is 11.5 Å². The van der Waals surface area contributed by atoms with Crippen molar-refractivity contribution in [3.05, 3.63) is 89.5 Å². The highest BCUT2D eigenvalue weighted by atomic mass is 19.3. The average Bonchev–Trinajstić information content (AvgIpc) is 2.91. The number of carbonyl (C=O) groups excluding carboxylic acids is 1. The monoisotopic (exact) mass is 535 g/mol. The third-order valence-corrected chi connectivity index (χ3v) is 5.68. The SMILES string of the molecule is N#CCCCCOc1ccc(C(F)(F)Oc2ccc(/C=C/C(=O)OCCCc3ccc(N)cc3N)cc2)cc1. The molecule has 0 spiro atoms. The molecule has 0 amide bonds. The lowest BCUT2D eigenvalue weighted by atomic mass is 10.1. The van der Waals surface area contributed by atoms with Gasteiger partial charge in [-0.2, -0.15) is 14.0 Å². The summed E-state index contributed by atoms with van der Waals surface area (Å²) in [6.45, 7) is 0.636. The number of nitrogens with two attached hydrogens (primary N) is 2. The van der Waals surface area contributed by atoms with Gasteiger partial charge in [-0.15, -0.1) is 0 Å². The van der Waals surface area contributed by atoms with Gasteiger partial charge in [-0.1, -0.05) is 18.2 Å². The van der Waals surface area contributed by atoms with Crippen molar-refractivity contribution in [1.29, 1.82) is 5.26 Å². The summed E-state index contributed by atoms with van der Waals surface area (Å²) < 4.78 is 44.9. The minimum Gasteiger partial charge on any atom is -0.494 e. The van der Waals surface area contributed by atoms with Crippen molar-refractivity contribution in [2.24, 2.45) is 0 Å². The third kappa shape index (κ3) is 9.67. The summed E-state index contributed by atoms with van der Waals surface area (Å²) in [5.41, 5.74) is 14.0. The minimum absolute atomic E-state index is 0.0283. The fourth-order valence-corrected chi connectivity index (χ4v) is 3.58. The summed E-state index contributed by atoms with van der Waals surface area (Å²) in [6, 6.07) is 18.7. The summed E-state index contributed by atoms with van der Waals surface area (Å²) in [5, 5.41) is 8.53. The van der Waals surface area contributed by atoms with Crippen LogP contribution in [0.5, 0.6) is 11.5 Å². The van der Waals surface area contributed by atoms with Crippen LogP contribution in [0.4, 0.5) is 20.2 Å². The Labute approximate surface area is 226 Å². The lowest BCUT2D eigenvalue weighted by molar-refractivity contribution is -0.185. The molecule has 9 heteroatoms. The van der Waals surface area contributed by atoms with Crippen LogP contribution in [0.3, 0.4) is 0 Å². The van der Waals surface area contributed by atoms with Crippen LogP contribution in [0.1, 0.15) is 42.4 Å². The van der Waals surface area contributed by atoms with E-state index in [1.54, 1.807) is 24.3 Å². The molecule has 7 nitrogen and oxygen atoms in total. The van der Waals surface area contributed by atoms with Crippen LogP contribution >= 0.6 is 0 Å². The predicted octanol–water partition coefficient (Wildman–Crippen LogP) is 6.24. The zero-order valence-electron chi connectivity index (χ0n) is 21.4. The topological polar surface area (TPSA) is 121 Å². The van der Waals surface area contributed by atoms with Gasteiger partial charge in [0, 0.05) is 23.9 Å². The second kappa shape index (κ2) is 14.4. The summed E-state index contributed by atoms with van der Waals surface area (Å²) in [4.78, 5) is 12.0. The standard InChI is InChI=1S/C30H31F2N3O4/c31-30(32,24-10-15-26(16-11-24)37-19-3-1-2-18-33)39-27-13-6-22(7-14-27)8-17-29(36)38-20-4-5-23-9-12-25(34)21-28(23)35/h6-17,21H,1-5,19-20,34-35H2/b17-8+. The van der Waals surface area contributed by atoms with E-state index in [2.05, 4.69) is 6.07 Å². The molecule has 0 aliphatic carbocycles. The van der Waals surface area contributed by atoms with E-state index < -0.39 is 12.1 Å². The van der Waals surface area contributed by atoms with Crippen LogP contribution in [-0.4, -0.2) is 19.2 Å². The molecule has 0 atom stereocenters. The van der Waals surface area contributed by atoms with Crippen LogP contribution in [0.15, 0.2) is 72.8 Å². The summed E-state index contributed by atoms with van der Waals surface area (Å²) in [7, 11) is 0. The first-order valence-corrected chi connectivity index (χ1v) is 12.5. The summed E-state index contributed by atoms with van der Waals surface area (Å²) in [6.07, 6.45) is 2.40. The summed E-state index contributed by atoms with van der Waals surface area (Å²) in [5.74, 6) is -0.0751. The van der Waals surface area contributed by atoms with Gasteiger partial charge in [0.05, 0.1) is 24.8 Å². The highest BCUT2D eigenvalue weighted by Gasteiger charge is 2.34. The van der Waals surface area contributed by atoms with Crippen molar-refractivity contribution in [3.63, 3.8) is 0 Å². The molecule has 0 aromatic heterocycles. The lowest BCUT2D eigenvalue weighted by Gasteiger charge is -2.18. The van der Waals surface area contributed by atoms with Gasteiger partial charge in [0.15, 0.2) is 0 Å². The van der Waals surface area contributed by atoms with E-state index in [1.807, 2.05) is 6.07 Å². The number of nitriles is 1. The van der Waals surface area contributed by atoms with Gasteiger partial charge < -0.3 is 25.7 Å². The van der Waals surface area contributed by atoms with Crippen LogP contribution in [-0.2, 0) is 22.1 Å². The van der Waals surface area contributed by atoms with Gasteiger partial charge >= 0.3 is 12.1 Å².